The Balaban J connectivity index is 2.35. The lowest BCUT2D eigenvalue weighted by atomic mass is 10.2. The van der Waals surface area contributed by atoms with Gasteiger partial charge in [0.25, 0.3) is 0 Å². The van der Waals surface area contributed by atoms with Crippen molar-refractivity contribution >= 4 is 26.0 Å². The second-order valence-corrected chi connectivity index (χ2v) is 7.48. The molecule has 2 aromatic rings. The van der Waals surface area contributed by atoms with E-state index in [4.69, 9.17) is 0 Å². The molecule has 0 aliphatic rings. The molecule has 0 radical (unpaired) electrons. The summed E-state index contributed by atoms with van der Waals surface area (Å²) in [7, 11) is -3.49. The van der Waals surface area contributed by atoms with E-state index in [2.05, 4.69) is 15.9 Å². The van der Waals surface area contributed by atoms with E-state index in [9.17, 15) is 8.42 Å². The smallest absolute Gasteiger partial charge is 0.207 e. The van der Waals surface area contributed by atoms with Crippen LogP contribution in [0.1, 0.15) is 11.1 Å². The summed E-state index contributed by atoms with van der Waals surface area (Å²) in [4.78, 5) is 0.377. The molecule has 0 spiro atoms. The number of halogens is 1. The van der Waals surface area contributed by atoms with Crippen molar-refractivity contribution in [1.29, 1.82) is 0 Å². The van der Waals surface area contributed by atoms with Gasteiger partial charge in [0, 0.05) is 18.4 Å². The molecular formula is C16H18BrNO2S. The van der Waals surface area contributed by atoms with Gasteiger partial charge in [0.05, 0.1) is 4.90 Å². The molecule has 0 bridgehead atoms. The predicted octanol–water partition coefficient (Wildman–Crippen LogP) is 3.58. The van der Waals surface area contributed by atoms with E-state index < -0.39 is 10.0 Å². The van der Waals surface area contributed by atoms with E-state index in [1.54, 1.807) is 12.1 Å². The maximum atomic E-state index is 12.9. The highest BCUT2D eigenvalue weighted by Crippen LogP contribution is 2.21. The summed E-state index contributed by atoms with van der Waals surface area (Å²) in [5, 5.41) is 0.602. The summed E-state index contributed by atoms with van der Waals surface area (Å²) in [5.74, 6) is 0. The van der Waals surface area contributed by atoms with E-state index >= 15 is 0 Å². The third kappa shape index (κ3) is 3.93. The van der Waals surface area contributed by atoms with Crippen molar-refractivity contribution in [3.63, 3.8) is 0 Å². The molecule has 0 aliphatic heterocycles. The van der Waals surface area contributed by atoms with Crippen LogP contribution in [-0.2, 0) is 16.6 Å². The van der Waals surface area contributed by atoms with Crippen molar-refractivity contribution in [1.82, 2.24) is 4.31 Å². The maximum absolute atomic E-state index is 12.9. The molecule has 0 fully saturated rings. The van der Waals surface area contributed by atoms with Gasteiger partial charge in [0.2, 0.25) is 10.0 Å². The lowest BCUT2D eigenvalue weighted by Gasteiger charge is -2.22. The van der Waals surface area contributed by atoms with E-state index in [-0.39, 0.29) is 0 Å². The second kappa shape index (κ2) is 7.20. The SMILES string of the molecule is Cc1ccccc1S(=O)(=O)N(CCBr)Cc1ccccc1. The number of alkyl halides is 1. The Labute approximate surface area is 134 Å². The van der Waals surface area contributed by atoms with Crippen LogP contribution in [0.25, 0.3) is 0 Å². The molecule has 0 aromatic heterocycles. The molecule has 0 heterocycles. The highest BCUT2D eigenvalue weighted by molar-refractivity contribution is 9.09. The van der Waals surface area contributed by atoms with Crippen molar-refractivity contribution in [3.8, 4) is 0 Å². The van der Waals surface area contributed by atoms with E-state index in [1.165, 1.54) is 4.31 Å². The Morgan fingerprint density at radius 3 is 2.24 bits per heavy atom. The first-order valence-corrected chi connectivity index (χ1v) is 9.27. The van der Waals surface area contributed by atoms with Crippen LogP contribution in [-0.4, -0.2) is 24.6 Å². The summed E-state index contributed by atoms with van der Waals surface area (Å²) in [6.45, 7) is 2.64. The predicted molar refractivity (Wildman–Crippen MR) is 89.0 cm³/mol. The third-order valence-electron chi connectivity index (χ3n) is 3.25. The van der Waals surface area contributed by atoms with Crippen molar-refractivity contribution in [2.75, 3.05) is 11.9 Å². The Morgan fingerprint density at radius 1 is 1.00 bits per heavy atom. The largest absolute Gasteiger partial charge is 0.243 e. The lowest BCUT2D eigenvalue weighted by Crippen LogP contribution is -2.32. The number of aryl methyl sites for hydroxylation is 1. The summed E-state index contributed by atoms with van der Waals surface area (Å²) in [6.07, 6.45) is 0. The van der Waals surface area contributed by atoms with E-state index in [1.807, 2.05) is 49.4 Å². The molecule has 2 rings (SSSR count). The van der Waals surface area contributed by atoms with Crippen LogP contribution in [0.4, 0.5) is 0 Å². The van der Waals surface area contributed by atoms with Crippen LogP contribution < -0.4 is 0 Å². The fraction of sp³-hybridized carbons (Fsp3) is 0.250. The quantitative estimate of drug-likeness (QED) is 0.731. The summed E-state index contributed by atoms with van der Waals surface area (Å²) < 4.78 is 27.2. The van der Waals surface area contributed by atoms with Gasteiger partial charge in [0.1, 0.15) is 0 Å². The topological polar surface area (TPSA) is 37.4 Å². The second-order valence-electron chi connectivity index (χ2n) is 4.78. The van der Waals surface area contributed by atoms with Gasteiger partial charge in [0.15, 0.2) is 0 Å². The fourth-order valence-electron chi connectivity index (χ4n) is 2.15. The van der Waals surface area contributed by atoms with Gasteiger partial charge in [-0.25, -0.2) is 8.42 Å². The van der Waals surface area contributed by atoms with E-state index in [0.717, 1.165) is 11.1 Å². The minimum atomic E-state index is -3.49. The number of hydrogen-bond donors (Lipinski definition) is 0. The van der Waals surface area contributed by atoms with E-state index in [0.29, 0.717) is 23.3 Å². The highest BCUT2D eigenvalue weighted by Gasteiger charge is 2.25. The van der Waals surface area contributed by atoms with Crippen molar-refractivity contribution < 1.29 is 8.42 Å². The molecule has 0 atom stereocenters. The number of nitrogens with zero attached hydrogens (tertiary/aromatic N) is 1. The molecule has 3 nitrogen and oxygen atoms in total. The Kier molecular flexibility index (Phi) is 5.56. The average Bonchev–Trinajstić information content (AvgIpc) is 2.48. The summed E-state index contributed by atoms with van der Waals surface area (Å²) in [6, 6.07) is 16.7. The molecule has 0 amide bonds. The molecular weight excluding hydrogens is 350 g/mol. The minimum absolute atomic E-state index is 0.377. The number of benzene rings is 2. The van der Waals surface area contributed by atoms with Gasteiger partial charge < -0.3 is 0 Å². The van der Waals surface area contributed by atoms with Crippen molar-refractivity contribution in [3.05, 3.63) is 65.7 Å². The molecule has 21 heavy (non-hydrogen) atoms. The first-order chi connectivity index (χ1) is 10.1. The van der Waals surface area contributed by atoms with Gasteiger partial charge in [-0.2, -0.15) is 4.31 Å². The standard InChI is InChI=1S/C16H18BrNO2S/c1-14-7-5-6-10-16(14)21(19,20)18(12-11-17)13-15-8-3-2-4-9-15/h2-10H,11-13H2,1H3. The Hall–Kier alpha value is -1.17. The molecule has 0 saturated carbocycles. The van der Waals surface area contributed by atoms with Crippen LogP contribution in [0.2, 0.25) is 0 Å². The first-order valence-electron chi connectivity index (χ1n) is 6.71. The molecule has 0 saturated heterocycles. The van der Waals surface area contributed by atoms with Gasteiger partial charge in [-0.15, -0.1) is 0 Å². The van der Waals surface area contributed by atoms with Gasteiger partial charge in [-0.1, -0.05) is 64.5 Å². The van der Waals surface area contributed by atoms with Crippen LogP contribution in [0.5, 0.6) is 0 Å². The summed E-state index contributed by atoms with van der Waals surface area (Å²) >= 11 is 3.34. The van der Waals surface area contributed by atoms with Crippen LogP contribution >= 0.6 is 15.9 Å². The van der Waals surface area contributed by atoms with Crippen LogP contribution in [0.3, 0.4) is 0 Å². The van der Waals surface area contributed by atoms with Gasteiger partial charge in [-0.05, 0) is 24.1 Å². The Morgan fingerprint density at radius 2 is 1.62 bits per heavy atom. The third-order valence-corrected chi connectivity index (χ3v) is 5.61. The number of sulfonamides is 1. The zero-order valence-corrected chi connectivity index (χ0v) is 14.3. The highest BCUT2D eigenvalue weighted by atomic mass is 79.9. The van der Waals surface area contributed by atoms with Crippen molar-refractivity contribution in [2.45, 2.75) is 18.4 Å². The molecule has 0 N–H and O–H groups in total. The maximum Gasteiger partial charge on any atom is 0.243 e. The minimum Gasteiger partial charge on any atom is -0.207 e. The molecule has 112 valence electrons. The van der Waals surface area contributed by atoms with Crippen molar-refractivity contribution in [2.24, 2.45) is 0 Å². The van der Waals surface area contributed by atoms with Crippen LogP contribution in [0, 0.1) is 6.92 Å². The van der Waals surface area contributed by atoms with Crippen LogP contribution in [0.15, 0.2) is 59.5 Å². The zero-order valence-electron chi connectivity index (χ0n) is 11.9. The molecule has 2 aromatic carbocycles. The zero-order chi connectivity index (χ0) is 15.3. The number of rotatable bonds is 6. The van der Waals surface area contributed by atoms with Gasteiger partial charge >= 0.3 is 0 Å². The Bertz CT molecular complexity index is 686. The summed E-state index contributed by atoms with van der Waals surface area (Å²) in [5.41, 5.74) is 1.75. The normalized spacial score (nSPS) is 11.8. The number of hydrogen-bond acceptors (Lipinski definition) is 2. The molecule has 0 unspecified atom stereocenters. The lowest BCUT2D eigenvalue weighted by molar-refractivity contribution is 0.426. The molecule has 5 heteroatoms. The monoisotopic (exact) mass is 367 g/mol. The fourth-order valence-corrected chi connectivity index (χ4v) is 4.47. The van der Waals surface area contributed by atoms with Gasteiger partial charge in [-0.3, -0.25) is 0 Å². The molecule has 0 aliphatic carbocycles. The first kappa shape index (κ1) is 16.2. The average molecular weight is 368 g/mol.